The Kier molecular flexibility index (Phi) is 6.71. The van der Waals surface area contributed by atoms with E-state index in [0.29, 0.717) is 17.1 Å². The van der Waals surface area contributed by atoms with Gasteiger partial charge in [-0.25, -0.2) is 0 Å². The van der Waals surface area contributed by atoms with Crippen molar-refractivity contribution >= 4 is 12.4 Å². The highest BCUT2D eigenvalue weighted by Gasteiger charge is 2.27. The number of hydrogen-bond donors (Lipinski definition) is 1. The summed E-state index contributed by atoms with van der Waals surface area (Å²) < 4.78 is 42.3. The van der Waals surface area contributed by atoms with Crippen LogP contribution in [0.15, 0.2) is 54.6 Å². The summed E-state index contributed by atoms with van der Waals surface area (Å²) in [6.07, 6.45) is -5.22. The molecule has 0 aromatic heterocycles. The van der Waals surface area contributed by atoms with Crippen LogP contribution in [-0.4, -0.2) is 6.18 Å². The number of hydrogen-bond acceptors (Lipinski definition) is 2. The molecular weight excluding hydrogens is 315 g/mol. The first-order valence-corrected chi connectivity index (χ1v) is 6.59. The molecule has 6 heteroatoms. The highest BCUT2D eigenvalue weighted by Crippen LogP contribution is 2.29. The number of nitrogens with two attached hydrogens (primary N) is 1. The largest absolute Gasteiger partial charge is 0.457 e. The van der Waals surface area contributed by atoms with Crippen LogP contribution in [0, 0.1) is 0 Å². The van der Waals surface area contributed by atoms with E-state index in [0.717, 1.165) is 0 Å². The maximum Gasteiger partial charge on any atom is 0.389 e. The Morgan fingerprint density at radius 2 is 1.59 bits per heavy atom. The summed E-state index contributed by atoms with van der Waals surface area (Å²) in [7, 11) is 0. The molecule has 0 saturated carbocycles. The van der Waals surface area contributed by atoms with E-state index in [9.17, 15) is 13.2 Å². The molecular formula is C16H17ClF3NO. The number of halogens is 4. The van der Waals surface area contributed by atoms with Crippen molar-refractivity contribution < 1.29 is 17.9 Å². The zero-order valence-corrected chi connectivity index (χ0v) is 12.5. The van der Waals surface area contributed by atoms with Crippen LogP contribution < -0.4 is 10.5 Å². The van der Waals surface area contributed by atoms with E-state index >= 15 is 0 Å². The number of rotatable bonds is 5. The fraction of sp³-hybridized carbons (Fsp3) is 0.250. The summed E-state index contributed by atoms with van der Waals surface area (Å²) in [5.41, 5.74) is 6.44. The minimum Gasteiger partial charge on any atom is -0.457 e. The molecule has 0 radical (unpaired) electrons. The molecule has 2 aromatic rings. The van der Waals surface area contributed by atoms with Crippen LogP contribution in [-0.2, 0) is 0 Å². The van der Waals surface area contributed by atoms with Gasteiger partial charge in [-0.1, -0.05) is 30.3 Å². The van der Waals surface area contributed by atoms with Crippen molar-refractivity contribution in [2.45, 2.75) is 25.1 Å². The lowest BCUT2D eigenvalue weighted by Crippen LogP contribution is -2.15. The van der Waals surface area contributed by atoms with E-state index in [1.54, 1.807) is 36.4 Å². The molecule has 1 atom stereocenters. The summed E-state index contributed by atoms with van der Waals surface area (Å²) in [5.74, 6) is 1.22. The van der Waals surface area contributed by atoms with Gasteiger partial charge in [0.05, 0.1) is 0 Å². The van der Waals surface area contributed by atoms with E-state index in [1.165, 1.54) is 0 Å². The Hall–Kier alpha value is -1.72. The molecule has 0 fully saturated rings. The van der Waals surface area contributed by atoms with Gasteiger partial charge in [-0.3, -0.25) is 0 Å². The molecule has 0 saturated heterocycles. The fourth-order valence-corrected chi connectivity index (χ4v) is 1.92. The van der Waals surface area contributed by atoms with Crippen LogP contribution in [0.1, 0.15) is 24.4 Å². The minimum absolute atomic E-state index is 0. The molecule has 0 bridgehead atoms. The second-order valence-electron chi connectivity index (χ2n) is 4.75. The molecule has 22 heavy (non-hydrogen) atoms. The van der Waals surface area contributed by atoms with E-state index in [2.05, 4.69) is 0 Å². The van der Waals surface area contributed by atoms with Crippen LogP contribution in [0.2, 0.25) is 0 Å². The van der Waals surface area contributed by atoms with E-state index in [1.807, 2.05) is 18.2 Å². The minimum atomic E-state index is -4.18. The summed E-state index contributed by atoms with van der Waals surface area (Å²) in [6.45, 7) is 0. The van der Waals surface area contributed by atoms with Crippen molar-refractivity contribution in [1.82, 2.24) is 0 Å². The van der Waals surface area contributed by atoms with Crippen molar-refractivity contribution in [2.75, 3.05) is 0 Å². The molecule has 0 aliphatic carbocycles. The molecule has 2 N–H and O–H groups in total. The Morgan fingerprint density at radius 1 is 0.955 bits per heavy atom. The first-order valence-electron chi connectivity index (χ1n) is 6.59. The van der Waals surface area contributed by atoms with Gasteiger partial charge in [-0.15, -0.1) is 12.4 Å². The molecule has 0 spiro atoms. The normalized spacial score (nSPS) is 12.4. The van der Waals surface area contributed by atoms with Gasteiger partial charge < -0.3 is 10.5 Å². The van der Waals surface area contributed by atoms with Crippen molar-refractivity contribution in [2.24, 2.45) is 5.73 Å². The van der Waals surface area contributed by atoms with Gasteiger partial charge in [0.15, 0.2) is 0 Å². The van der Waals surface area contributed by atoms with Gasteiger partial charge >= 0.3 is 6.18 Å². The van der Waals surface area contributed by atoms with Crippen molar-refractivity contribution in [3.05, 3.63) is 60.2 Å². The topological polar surface area (TPSA) is 35.2 Å². The lowest BCUT2D eigenvalue weighted by atomic mass is 10.0. The summed E-state index contributed by atoms with van der Waals surface area (Å²) in [4.78, 5) is 0. The van der Waals surface area contributed by atoms with Crippen LogP contribution in [0.4, 0.5) is 13.2 Å². The molecule has 120 valence electrons. The van der Waals surface area contributed by atoms with Crippen molar-refractivity contribution in [3.63, 3.8) is 0 Å². The monoisotopic (exact) mass is 331 g/mol. The molecule has 0 aliphatic heterocycles. The number of para-hydroxylation sites is 1. The molecule has 2 aromatic carbocycles. The number of benzene rings is 2. The van der Waals surface area contributed by atoms with Crippen LogP contribution in [0.25, 0.3) is 0 Å². The summed E-state index contributed by atoms with van der Waals surface area (Å²) in [6, 6.07) is 15.3. The second-order valence-corrected chi connectivity index (χ2v) is 4.75. The lowest BCUT2D eigenvalue weighted by molar-refractivity contribution is -0.136. The van der Waals surface area contributed by atoms with Gasteiger partial charge in [0.25, 0.3) is 0 Å². The third-order valence-corrected chi connectivity index (χ3v) is 3.00. The van der Waals surface area contributed by atoms with E-state index < -0.39 is 18.6 Å². The third kappa shape index (κ3) is 5.95. The smallest absolute Gasteiger partial charge is 0.389 e. The highest BCUT2D eigenvalue weighted by molar-refractivity contribution is 5.85. The van der Waals surface area contributed by atoms with Crippen molar-refractivity contribution in [3.8, 4) is 11.5 Å². The first kappa shape index (κ1) is 18.3. The van der Waals surface area contributed by atoms with Crippen LogP contribution >= 0.6 is 12.4 Å². The predicted octanol–water partition coefficient (Wildman–Crippen LogP) is 5.24. The Balaban J connectivity index is 0.00000242. The van der Waals surface area contributed by atoms with Crippen LogP contribution in [0.5, 0.6) is 11.5 Å². The van der Waals surface area contributed by atoms with Crippen molar-refractivity contribution in [1.29, 1.82) is 0 Å². The molecule has 0 heterocycles. The Bertz CT molecular complexity index is 575. The lowest BCUT2D eigenvalue weighted by Gasteiger charge is -2.15. The summed E-state index contributed by atoms with van der Waals surface area (Å²) in [5, 5.41) is 0. The fourth-order valence-electron chi connectivity index (χ4n) is 1.92. The zero-order valence-electron chi connectivity index (χ0n) is 11.7. The molecule has 0 amide bonds. The maximum atomic E-state index is 12.2. The average Bonchev–Trinajstić information content (AvgIpc) is 2.45. The summed E-state index contributed by atoms with van der Waals surface area (Å²) >= 11 is 0. The highest BCUT2D eigenvalue weighted by atomic mass is 35.5. The van der Waals surface area contributed by atoms with E-state index in [4.69, 9.17) is 10.5 Å². The molecule has 2 nitrogen and oxygen atoms in total. The van der Waals surface area contributed by atoms with E-state index in [-0.39, 0.29) is 18.8 Å². The van der Waals surface area contributed by atoms with Crippen LogP contribution in [0.3, 0.4) is 0 Å². The zero-order chi connectivity index (χ0) is 15.3. The van der Waals surface area contributed by atoms with Gasteiger partial charge in [-0.2, -0.15) is 13.2 Å². The van der Waals surface area contributed by atoms with Gasteiger partial charge in [0.1, 0.15) is 11.5 Å². The van der Waals surface area contributed by atoms with Gasteiger partial charge in [0.2, 0.25) is 0 Å². The molecule has 0 aliphatic rings. The first-order chi connectivity index (χ1) is 9.94. The molecule has 2 rings (SSSR count). The van der Waals surface area contributed by atoms with Gasteiger partial charge in [0, 0.05) is 12.5 Å². The standard InChI is InChI=1S/C16H16F3NO.ClH/c17-16(18,19)10-9-15(20)12-5-4-8-14(11-12)21-13-6-2-1-3-7-13;/h1-8,11,15H,9-10,20H2;1H/t15-;/m0./s1. The predicted molar refractivity (Wildman–Crippen MR) is 82.4 cm³/mol. The third-order valence-electron chi connectivity index (χ3n) is 3.00. The SMILES string of the molecule is Cl.N[C@@H](CCC(F)(F)F)c1cccc(Oc2ccccc2)c1. The quantitative estimate of drug-likeness (QED) is 0.812. The Morgan fingerprint density at radius 3 is 2.23 bits per heavy atom. The Labute approximate surface area is 133 Å². The number of ether oxygens (including phenoxy) is 1. The maximum absolute atomic E-state index is 12.2. The second kappa shape index (κ2) is 8.06. The number of alkyl halides is 3. The molecule has 0 unspecified atom stereocenters. The van der Waals surface area contributed by atoms with Gasteiger partial charge in [-0.05, 0) is 36.2 Å². The average molecular weight is 332 g/mol.